The zero-order chi connectivity index (χ0) is 28.2. The number of nitriles is 1. The van der Waals surface area contributed by atoms with Crippen LogP contribution in [0.15, 0.2) is 27.8 Å². The molecule has 0 aromatic carbocycles. The number of allylic oxidation sites excluding steroid dienone is 4. The summed E-state index contributed by atoms with van der Waals surface area (Å²) in [7, 11) is 0. The van der Waals surface area contributed by atoms with Gasteiger partial charge in [0.05, 0.1) is 23.0 Å². The van der Waals surface area contributed by atoms with E-state index in [4.69, 9.17) is 9.51 Å². The molecule has 0 aliphatic heterocycles. The summed E-state index contributed by atoms with van der Waals surface area (Å²) < 4.78 is 5.85. The van der Waals surface area contributed by atoms with E-state index in [9.17, 15) is 20.0 Å². The Kier molecular flexibility index (Phi) is 5.61. The van der Waals surface area contributed by atoms with Gasteiger partial charge in [-0.15, -0.1) is 0 Å². The Morgan fingerprint density at radius 1 is 1.08 bits per heavy atom. The van der Waals surface area contributed by atoms with Crippen LogP contribution in [-0.2, 0) is 15.0 Å². The average molecular weight is 532 g/mol. The quantitative estimate of drug-likeness (QED) is 0.541. The normalized spacial score (nSPS) is 44.7. The van der Waals surface area contributed by atoms with E-state index in [1.54, 1.807) is 6.92 Å². The Morgan fingerprint density at radius 2 is 1.82 bits per heavy atom. The Labute approximate surface area is 231 Å². The minimum Gasteiger partial charge on any atom is -0.395 e. The minimum absolute atomic E-state index is 0.105. The van der Waals surface area contributed by atoms with Crippen molar-refractivity contribution in [2.75, 3.05) is 6.61 Å². The van der Waals surface area contributed by atoms with Crippen molar-refractivity contribution in [1.82, 2.24) is 10.1 Å². The van der Waals surface area contributed by atoms with Crippen molar-refractivity contribution in [3.05, 3.63) is 35.0 Å². The molecule has 0 spiro atoms. The topological polar surface area (TPSA) is 117 Å². The summed E-state index contributed by atoms with van der Waals surface area (Å²) in [5.74, 6) is 1.21. The lowest BCUT2D eigenvalue weighted by atomic mass is 9.38. The third kappa shape index (κ3) is 3.36. The zero-order valence-corrected chi connectivity index (χ0v) is 24.1. The van der Waals surface area contributed by atoms with Crippen LogP contribution in [0.4, 0.5) is 0 Å². The van der Waals surface area contributed by atoms with Crippen LogP contribution in [0.3, 0.4) is 0 Å². The van der Waals surface area contributed by atoms with Gasteiger partial charge >= 0.3 is 0 Å². The molecule has 1 heterocycles. The Hall–Kier alpha value is -2.59. The predicted octanol–water partition coefficient (Wildman–Crippen LogP) is 5.43. The molecular formula is C32H41N3O4. The summed E-state index contributed by atoms with van der Waals surface area (Å²) in [6, 6.07) is 2.11. The summed E-state index contributed by atoms with van der Waals surface area (Å²) in [5, 5.41) is 24.5. The van der Waals surface area contributed by atoms with Gasteiger partial charge in [0, 0.05) is 11.3 Å². The molecule has 0 saturated heterocycles. The largest absolute Gasteiger partial charge is 0.395 e. The fourth-order valence-corrected chi connectivity index (χ4v) is 10.2. The van der Waals surface area contributed by atoms with Crippen molar-refractivity contribution < 1.29 is 19.2 Å². The summed E-state index contributed by atoms with van der Waals surface area (Å²) >= 11 is 0. The van der Waals surface area contributed by atoms with Crippen LogP contribution in [0.2, 0.25) is 0 Å². The zero-order valence-electron chi connectivity index (χ0n) is 24.1. The van der Waals surface area contributed by atoms with Crippen molar-refractivity contribution in [1.29, 1.82) is 5.26 Å². The van der Waals surface area contributed by atoms with E-state index in [2.05, 4.69) is 38.9 Å². The molecule has 3 fully saturated rings. The van der Waals surface area contributed by atoms with Gasteiger partial charge in [0.25, 0.3) is 0 Å². The van der Waals surface area contributed by atoms with Crippen molar-refractivity contribution >= 4 is 11.6 Å². The Balaban J connectivity index is 1.50. The first-order chi connectivity index (χ1) is 18.3. The first-order valence-corrected chi connectivity index (χ1v) is 14.6. The van der Waals surface area contributed by atoms with E-state index in [0.717, 1.165) is 50.5 Å². The molecular weight excluding hydrogens is 490 g/mol. The second-order valence-corrected chi connectivity index (χ2v) is 14.8. The molecule has 7 heteroatoms. The van der Waals surface area contributed by atoms with E-state index in [-0.39, 0.29) is 63.7 Å². The lowest BCUT2D eigenvalue weighted by Crippen LogP contribution is -2.62. The van der Waals surface area contributed by atoms with E-state index < -0.39 is 10.8 Å². The number of hydrogen-bond acceptors (Lipinski definition) is 7. The van der Waals surface area contributed by atoms with Crippen LogP contribution in [0, 0.1) is 63.6 Å². The first-order valence-electron chi connectivity index (χ1n) is 14.6. The number of carbonyl (C=O) groups is 2. The fraction of sp³-hybridized carbons (Fsp3) is 0.719. The van der Waals surface area contributed by atoms with Crippen LogP contribution in [0.25, 0.3) is 0 Å². The number of aliphatic hydroxyl groups is 1. The van der Waals surface area contributed by atoms with Gasteiger partial charge in [-0.2, -0.15) is 10.2 Å². The summed E-state index contributed by atoms with van der Waals surface area (Å²) in [5.41, 5.74) is -0.929. The second kappa shape index (κ2) is 8.22. The van der Waals surface area contributed by atoms with Crippen molar-refractivity contribution in [3.63, 3.8) is 0 Å². The van der Waals surface area contributed by atoms with E-state index in [0.29, 0.717) is 11.7 Å². The standard InChI is InChI=1S/C32H41N3O4/c1-18-34-27(39-35-18)32-10-7-20-25(21(32)15-28(2,3)11-12-32)22(37)13-24-29(20,4)9-8-23-30(24,5)14-19(16-33)26(38)31(23,6)17-36/h13-14,20-21,23,25,36H,7-12,15,17H2,1-6H3/t20?,21?,23?,25?,29-,30-,31-,32+/m0/s1. The lowest BCUT2D eigenvalue weighted by Gasteiger charge is -2.64. The first kappa shape index (κ1) is 26.6. The molecule has 6 rings (SSSR count). The summed E-state index contributed by atoms with van der Waals surface area (Å²) in [6.45, 7) is 12.4. The molecule has 208 valence electrons. The fourth-order valence-electron chi connectivity index (χ4n) is 10.2. The molecule has 0 bridgehead atoms. The van der Waals surface area contributed by atoms with Gasteiger partial charge in [-0.1, -0.05) is 44.5 Å². The number of aliphatic hydroxyl groups excluding tert-OH is 1. The van der Waals surface area contributed by atoms with Crippen LogP contribution >= 0.6 is 0 Å². The molecule has 0 amide bonds. The van der Waals surface area contributed by atoms with Crippen LogP contribution in [0.5, 0.6) is 0 Å². The van der Waals surface area contributed by atoms with Gasteiger partial charge < -0.3 is 9.63 Å². The maximum absolute atomic E-state index is 14.4. The number of hydrogen-bond donors (Lipinski definition) is 1. The Morgan fingerprint density at radius 3 is 2.46 bits per heavy atom. The van der Waals surface area contributed by atoms with Crippen LogP contribution in [-0.4, -0.2) is 33.4 Å². The molecule has 3 saturated carbocycles. The number of Topliss-reactive ketones (excluding diaryl/α,β-unsaturated/α-hetero) is 1. The molecule has 5 aliphatic carbocycles. The maximum atomic E-state index is 14.4. The van der Waals surface area contributed by atoms with Gasteiger partial charge in [0.15, 0.2) is 17.4 Å². The number of rotatable bonds is 2. The number of nitrogens with zero attached hydrogens (tertiary/aromatic N) is 3. The number of carbonyl (C=O) groups excluding carboxylic acids is 2. The minimum atomic E-state index is -1.04. The SMILES string of the molecule is Cc1noc([C@@]23CCC4C(C(=O)C=C5[C@@]6(C)C=C(C#N)C(=O)[C@@](C)(CO)C6CC[C@]54C)C2CC(C)(C)CC3)n1. The highest BCUT2D eigenvalue weighted by Crippen LogP contribution is 2.70. The van der Waals surface area contributed by atoms with E-state index in [1.165, 1.54) is 0 Å². The van der Waals surface area contributed by atoms with Crippen LogP contribution < -0.4 is 0 Å². The monoisotopic (exact) mass is 531 g/mol. The molecule has 4 unspecified atom stereocenters. The van der Waals surface area contributed by atoms with Crippen molar-refractivity contribution in [2.45, 2.75) is 91.9 Å². The lowest BCUT2D eigenvalue weighted by molar-refractivity contribution is -0.144. The molecule has 5 aliphatic rings. The molecule has 8 atom stereocenters. The number of fused-ring (bicyclic) bond motifs is 7. The van der Waals surface area contributed by atoms with Gasteiger partial charge in [-0.05, 0) is 93.5 Å². The molecule has 7 nitrogen and oxygen atoms in total. The number of aryl methyl sites for hydroxylation is 1. The second-order valence-electron chi connectivity index (χ2n) is 14.8. The smallest absolute Gasteiger partial charge is 0.233 e. The third-order valence-corrected chi connectivity index (χ3v) is 12.2. The summed E-state index contributed by atoms with van der Waals surface area (Å²) in [4.78, 5) is 32.4. The molecule has 1 aromatic rings. The highest BCUT2D eigenvalue weighted by molar-refractivity contribution is 6.05. The van der Waals surface area contributed by atoms with E-state index in [1.807, 2.05) is 19.1 Å². The molecule has 1 aromatic heterocycles. The molecule has 0 radical (unpaired) electrons. The van der Waals surface area contributed by atoms with Gasteiger partial charge in [0.1, 0.15) is 6.07 Å². The van der Waals surface area contributed by atoms with Crippen molar-refractivity contribution in [3.8, 4) is 6.07 Å². The number of ketones is 2. The maximum Gasteiger partial charge on any atom is 0.233 e. The van der Waals surface area contributed by atoms with Gasteiger partial charge in [0.2, 0.25) is 5.89 Å². The molecule has 39 heavy (non-hydrogen) atoms. The van der Waals surface area contributed by atoms with E-state index >= 15 is 0 Å². The van der Waals surface area contributed by atoms with Gasteiger partial charge in [-0.25, -0.2) is 0 Å². The van der Waals surface area contributed by atoms with Crippen molar-refractivity contribution in [2.24, 2.45) is 45.3 Å². The highest BCUT2D eigenvalue weighted by atomic mass is 16.5. The average Bonchev–Trinajstić information content (AvgIpc) is 3.33. The summed E-state index contributed by atoms with van der Waals surface area (Å²) in [6.07, 6.45) is 10.1. The van der Waals surface area contributed by atoms with Crippen LogP contribution in [0.1, 0.15) is 91.3 Å². The van der Waals surface area contributed by atoms with Gasteiger partial charge in [-0.3, -0.25) is 9.59 Å². The highest BCUT2D eigenvalue weighted by Gasteiger charge is 2.67. The predicted molar refractivity (Wildman–Crippen MR) is 144 cm³/mol. The molecule has 1 N–H and O–H groups in total. The third-order valence-electron chi connectivity index (χ3n) is 12.2. The Bertz CT molecular complexity index is 1370. The number of aromatic nitrogens is 2.